The molecule has 2 aromatic heterocycles. The lowest BCUT2D eigenvalue weighted by molar-refractivity contribution is -0.107. The average Bonchev–Trinajstić information content (AvgIpc) is 2.58. The first-order chi connectivity index (χ1) is 7.27. The van der Waals surface area contributed by atoms with E-state index in [1.165, 1.54) is 0 Å². The number of aromatic nitrogens is 2. The molecule has 0 bridgehead atoms. The summed E-state index contributed by atoms with van der Waals surface area (Å²) in [5.41, 5.74) is 1.80. The van der Waals surface area contributed by atoms with E-state index >= 15 is 0 Å². The number of imidazole rings is 1. The van der Waals surface area contributed by atoms with Gasteiger partial charge < -0.3 is 4.79 Å². The first-order valence-corrected chi connectivity index (χ1v) is 5.24. The van der Waals surface area contributed by atoms with Crippen molar-refractivity contribution in [1.82, 2.24) is 9.38 Å². The zero-order valence-corrected chi connectivity index (χ0v) is 9.16. The van der Waals surface area contributed by atoms with Crippen molar-refractivity contribution in [3.8, 4) is 0 Å². The summed E-state index contributed by atoms with van der Waals surface area (Å²) in [7, 11) is 0. The molecule has 0 spiro atoms. The highest BCUT2D eigenvalue weighted by Crippen LogP contribution is 2.20. The summed E-state index contributed by atoms with van der Waals surface area (Å²) in [6.45, 7) is 2.02. The third-order valence-electron chi connectivity index (χ3n) is 2.38. The molecule has 0 saturated heterocycles. The Hall–Kier alpha value is -1.35. The van der Waals surface area contributed by atoms with Crippen molar-refractivity contribution in [3.63, 3.8) is 0 Å². The van der Waals surface area contributed by atoms with Crippen molar-refractivity contribution in [2.75, 3.05) is 0 Å². The molecule has 0 amide bonds. The van der Waals surface area contributed by atoms with Gasteiger partial charge in [0, 0.05) is 18.5 Å². The number of pyridine rings is 1. The fourth-order valence-electron chi connectivity index (χ4n) is 1.72. The number of hydrogen-bond acceptors (Lipinski definition) is 2. The minimum Gasteiger partial charge on any atom is -0.303 e. The highest BCUT2D eigenvalue weighted by Gasteiger charge is 2.10. The number of aldehydes is 1. The maximum Gasteiger partial charge on any atom is 0.155 e. The molecule has 4 heteroatoms. The molecule has 0 saturated carbocycles. The maximum absolute atomic E-state index is 10.6. The smallest absolute Gasteiger partial charge is 0.155 e. The molecular formula is C11H11ClN2O. The van der Waals surface area contributed by atoms with Gasteiger partial charge in [-0.05, 0) is 12.1 Å². The quantitative estimate of drug-likeness (QED) is 0.747. The Bertz CT molecular complexity index is 505. The van der Waals surface area contributed by atoms with E-state index in [0.29, 0.717) is 11.6 Å². The van der Waals surface area contributed by atoms with Crippen LogP contribution in [0.5, 0.6) is 0 Å². The van der Waals surface area contributed by atoms with Gasteiger partial charge in [-0.3, -0.25) is 4.40 Å². The predicted octanol–water partition coefficient (Wildman–Crippen LogP) is 2.29. The van der Waals surface area contributed by atoms with E-state index in [9.17, 15) is 4.79 Å². The Morgan fingerprint density at radius 3 is 3.00 bits per heavy atom. The number of halogens is 1. The van der Waals surface area contributed by atoms with E-state index in [0.717, 1.165) is 29.7 Å². The number of fused-ring (bicyclic) bond motifs is 1. The molecule has 78 valence electrons. The number of aryl methyl sites for hydroxylation is 1. The molecule has 0 aromatic carbocycles. The van der Waals surface area contributed by atoms with Crippen molar-refractivity contribution in [3.05, 3.63) is 34.9 Å². The van der Waals surface area contributed by atoms with E-state index in [1.54, 1.807) is 0 Å². The molecule has 0 unspecified atom stereocenters. The van der Waals surface area contributed by atoms with Crippen LogP contribution < -0.4 is 0 Å². The maximum atomic E-state index is 10.6. The van der Waals surface area contributed by atoms with Crippen LogP contribution in [0, 0.1) is 0 Å². The summed E-state index contributed by atoms with van der Waals surface area (Å²) in [5, 5.41) is 0.500. The average molecular weight is 223 g/mol. The van der Waals surface area contributed by atoms with Crippen LogP contribution in [0.2, 0.25) is 5.15 Å². The van der Waals surface area contributed by atoms with Crippen molar-refractivity contribution >= 4 is 23.4 Å². The summed E-state index contributed by atoms with van der Waals surface area (Å²) < 4.78 is 1.96. The molecule has 0 radical (unpaired) electrons. The lowest BCUT2D eigenvalue weighted by Gasteiger charge is -2.04. The monoisotopic (exact) mass is 222 g/mol. The predicted molar refractivity (Wildman–Crippen MR) is 59.3 cm³/mol. The first kappa shape index (κ1) is 10.2. The summed E-state index contributed by atoms with van der Waals surface area (Å²) in [6.07, 6.45) is 2.07. The highest BCUT2D eigenvalue weighted by molar-refractivity contribution is 6.32. The van der Waals surface area contributed by atoms with E-state index < -0.39 is 0 Å². The molecule has 0 aliphatic rings. The number of carbonyl (C=O) groups is 1. The molecule has 0 N–H and O–H groups in total. The zero-order chi connectivity index (χ0) is 10.8. The van der Waals surface area contributed by atoms with Crippen LogP contribution in [0.1, 0.15) is 18.4 Å². The highest BCUT2D eigenvalue weighted by atomic mass is 35.5. The van der Waals surface area contributed by atoms with Gasteiger partial charge in [0.15, 0.2) is 5.15 Å². The van der Waals surface area contributed by atoms with Crippen molar-refractivity contribution in [2.24, 2.45) is 0 Å². The minimum absolute atomic E-state index is 0.386. The Morgan fingerprint density at radius 2 is 2.33 bits per heavy atom. The van der Waals surface area contributed by atoms with Gasteiger partial charge in [0.1, 0.15) is 12.1 Å². The summed E-state index contributed by atoms with van der Waals surface area (Å²) in [5.74, 6) is 0.896. The molecule has 0 fully saturated rings. The van der Waals surface area contributed by atoms with E-state index in [1.807, 2.05) is 29.5 Å². The van der Waals surface area contributed by atoms with Gasteiger partial charge in [0.05, 0.1) is 5.52 Å². The fourth-order valence-corrected chi connectivity index (χ4v) is 1.97. The van der Waals surface area contributed by atoms with Gasteiger partial charge in [-0.15, -0.1) is 0 Å². The van der Waals surface area contributed by atoms with Gasteiger partial charge in [0.25, 0.3) is 0 Å². The molecule has 3 nitrogen and oxygen atoms in total. The topological polar surface area (TPSA) is 34.4 Å². The number of rotatable bonds is 3. The molecule has 2 aromatic rings. The zero-order valence-electron chi connectivity index (χ0n) is 8.40. The molecule has 0 aliphatic heterocycles. The number of hydrogen-bond donors (Lipinski definition) is 0. The molecular weight excluding hydrogens is 212 g/mol. The second-order valence-electron chi connectivity index (χ2n) is 3.28. The van der Waals surface area contributed by atoms with Crippen molar-refractivity contribution in [1.29, 1.82) is 0 Å². The molecule has 0 atom stereocenters. The summed E-state index contributed by atoms with van der Waals surface area (Å²) in [4.78, 5) is 14.8. The fraction of sp³-hybridized carbons (Fsp3) is 0.273. The van der Waals surface area contributed by atoms with Crippen molar-refractivity contribution in [2.45, 2.75) is 19.8 Å². The lowest BCUT2D eigenvalue weighted by atomic mass is 10.2. The van der Waals surface area contributed by atoms with Crippen LogP contribution in [0.3, 0.4) is 0 Å². The third-order valence-corrected chi connectivity index (χ3v) is 2.65. The van der Waals surface area contributed by atoms with Crippen LogP contribution >= 0.6 is 11.6 Å². The van der Waals surface area contributed by atoms with Gasteiger partial charge in [0.2, 0.25) is 0 Å². The van der Waals surface area contributed by atoms with Crippen LogP contribution in [-0.2, 0) is 17.6 Å². The largest absolute Gasteiger partial charge is 0.303 e. The van der Waals surface area contributed by atoms with E-state index in [4.69, 9.17) is 11.6 Å². The third kappa shape index (κ3) is 1.63. The molecule has 2 rings (SSSR count). The van der Waals surface area contributed by atoms with Crippen LogP contribution in [-0.4, -0.2) is 15.7 Å². The molecule has 15 heavy (non-hydrogen) atoms. The van der Waals surface area contributed by atoms with Crippen LogP contribution in [0.15, 0.2) is 18.2 Å². The first-order valence-electron chi connectivity index (χ1n) is 4.86. The minimum atomic E-state index is 0.386. The Labute approximate surface area is 92.7 Å². The van der Waals surface area contributed by atoms with Gasteiger partial charge in [-0.1, -0.05) is 24.6 Å². The second kappa shape index (κ2) is 4.03. The van der Waals surface area contributed by atoms with Gasteiger partial charge >= 0.3 is 0 Å². The Morgan fingerprint density at radius 1 is 1.53 bits per heavy atom. The van der Waals surface area contributed by atoms with Crippen LogP contribution in [0.4, 0.5) is 0 Å². The summed E-state index contributed by atoms with van der Waals surface area (Å²) in [6, 6.07) is 5.71. The standard InChI is InChI=1S/C11H11ClN2O/c1-2-10-13-11(12)9-5-3-4-8(6-7-15)14(9)10/h3-5,7H,2,6H2,1H3. The Kier molecular flexibility index (Phi) is 2.73. The SMILES string of the molecule is CCc1nc(Cl)c2cccc(CC=O)n12. The van der Waals surface area contributed by atoms with Gasteiger partial charge in [-0.2, -0.15) is 0 Å². The number of nitrogens with zero attached hydrogens (tertiary/aromatic N) is 2. The molecule has 2 heterocycles. The van der Waals surface area contributed by atoms with Gasteiger partial charge in [-0.25, -0.2) is 4.98 Å². The Balaban J connectivity index is 2.75. The summed E-state index contributed by atoms with van der Waals surface area (Å²) >= 11 is 6.01. The lowest BCUT2D eigenvalue weighted by Crippen LogP contribution is -2.01. The normalized spacial score (nSPS) is 10.8. The van der Waals surface area contributed by atoms with E-state index in [2.05, 4.69) is 4.98 Å². The van der Waals surface area contributed by atoms with Crippen molar-refractivity contribution < 1.29 is 4.79 Å². The second-order valence-corrected chi connectivity index (χ2v) is 3.64. The number of carbonyl (C=O) groups excluding carboxylic acids is 1. The van der Waals surface area contributed by atoms with Crippen LogP contribution in [0.25, 0.3) is 5.52 Å². The molecule has 0 aliphatic carbocycles. The van der Waals surface area contributed by atoms with E-state index in [-0.39, 0.29) is 0 Å².